The van der Waals surface area contributed by atoms with Crippen LogP contribution in [0.25, 0.3) is 16.7 Å². The summed E-state index contributed by atoms with van der Waals surface area (Å²) in [7, 11) is 0. The minimum absolute atomic E-state index is 0.0665. The van der Waals surface area contributed by atoms with E-state index in [9.17, 15) is 9.90 Å². The molecular formula is C34H35ClN4O3. The van der Waals surface area contributed by atoms with Gasteiger partial charge in [0.15, 0.2) is 0 Å². The van der Waals surface area contributed by atoms with Crippen LogP contribution in [0.4, 0.5) is 0 Å². The van der Waals surface area contributed by atoms with Crippen LogP contribution in [0.1, 0.15) is 45.8 Å². The fraction of sp³-hybridized carbons (Fsp3) is 0.265. The molecule has 2 aliphatic heterocycles. The molecule has 0 bridgehead atoms. The van der Waals surface area contributed by atoms with Crippen LogP contribution in [-0.2, 0) is 11.2 Å². The highest BCUT2D eigenvalue weighted by Gasteiger charge is 2.25. The monoisotopic (exact) mass is 582 g/mol. The van der Waals surface area contributed by atoms with E-state index in [2.05, 4.69) is 32.2 Å². The Kier molecular flexibility index (Phi) is 8.49. The number of aromatic nitrogens is 1. The summed E-state index contributed by atoms with van der Waals surface area (Å²) in [5.74, 6) is 1.17. The molecule has 1 aromatic heterocycles. The number of halogens is 1. The van der Waals surface area contributed by atoms with Gasteiger partial charge < -0.3 is 29.9 Å². The largest absolute Gasteiger partial charge is 0.508 e. The molecule has 0 aliphatic carbocycles. The van der Waals surface area contributed by atoms with Crippen molar-refractivity contribution < 1.29 is 14.6 Å². The Hall–Kier alpha value is -4.20. The Labute approximate surface area is 251 Å². The van der Waals surface area contributed by atoms with E-state index in [1.54, 1.807) is 18.4 Å². The Morgan fingerprint density at radius 3 is 2.76 bits per heavy atom. The maximum Gasteiger partial charge on any atom is 0.251 e. The molecule has 4 aromatic rings. The van der Waals surface area contributed by atoms with Crippen molar-refractivity contribution >= 4 is 34.2 Å². The van der Waals surface area contributed by atoms with Gasteiger partial charge in [-0.3, -0.25) is 4.79 Å². The van der Waals surface area contributed by atoms with Crippen molar-refractivity contribution in [3.63, 3.8) is 0 Å². The molecule has 6 rings (SSSR count). The van der Waals surface area contributed by atoms with Crippen LogP contribution in [0.5, 0.6) is 5.75 Å². The molecule has 0 atom stereocenters. The fourth-order valence-electron chi connectivity index (χ4n) is 5.90. The molecule has 1 amide bonds. The van der Waals surface area contributed by atoms with Gasteiger partial charge in [0.25, 0.3) is 5.91 Å². The van der Waals surface area contributed by atoms with Gasteiger partial charge in [-0.1, -0.05) is 48.0 Å². The van der Waals surface area contributed by atoms with E-state index < -0.39 is 0 Å². The second-order valence-electron chi connectivity index (χ2n) is 10.9. The van der Waals surface area contributed by atoms with Crippen LogP contribution in [-0.4, -0.2) is 58.5 Å². The zero-order chi connectivity index (χ0) is 28.9. The van der Waals surface area contributed by atoms with E-state index in [1.165, 1.54) is 10.9 Å². The number of benzene rings is 3. The average molecular weight is 583 g/mol. The topological polar surface area (TPSA) is 80.8 Å². The van der Waals surface area contributed by atoms with Crippen LogP contribution >= 0.6 is 11.6 Å². The van der Waals surface area contributed by atoms with Crippen molar-refractivity contribution in [1.82, 2.24) is 20.1 Å². The summed E-state index contributed by atoms with van der Waals surface area (Å²) in [4.78, 5) is 21.2. The number of nitrogens with zero attached hydrogens (tertiary/aromatic N) is 2. The molecule has 0 saturated carbocycles. The van der Waals surface area contributed by atoms with Crippen molar-refractivity contribution in [2.24, 2.45) is 0 Å². The van der Waals surface area contributed by atoms with E-state index in [0.29, 0.717) is 28.8 Å². The van der Waals surface area contributed by atoms with Gasteiger partial charge in [0.05, 0.1) is 0 Å². The lowest BCUT2D eigenvalue weighted by atomic mass is 9.86. The van der Waals surface area contributed by atoms with Crippen molar-refractivity contribution in [2.45, 2.75) is 25.2 Å². The standard InChI is InChI=1S/C34H35ClN4O3/c35-27-8-9-29(31(21-27)34(41)36-13-10-26-22-37-32-7-2-1-6-30(26)32)24-11-14-38(15-12-24)16-17-39-18-19-42-33(23-39)25-4-3-5-28(40)20-25/h1-9,18-24,37,40H,10-17H2,(H,36,41). The molecule has 0 unspecified atom stereocenters. The number of H-pyrrole nitrogens is 1. The van der Waals surface area contributed by atoms with Crippen LogP contribution in [0.2, 0.25) is 5.02 Å². The first-order valence-electron chi connectivity index (χ1n) is 14.5. The minimum Gasteiger partial charge on any atom is -0.508 e. The molecule has 216 valence electrons. The summed E-state index contributed by atoms with van der Waals surface area (Å²) in [5, 5.41) is 14.7. The Morgan fingerprint density at radius 1 is 1.05 bits per heavy atom. The third-order valence-electron chi connectivity index (χ3n) is 8.18. The lowest BCUT2D eigenvalue weighted by Crippen LogP contribution is -2.38. The van der Waals surface area contributed by atoms with Crippen molar-refractivity contribution in [3.05, 3.63) is 119 Å². The summed E-state index contributed by atoms with van der Waals surface area (Å²) in [5.41, 5.74) is 4.91. The highest BCUT2D eigenvalue weighted by atomic mass is 35.5. The van der Waals surface area contributed by atoms with Crippen LogP contribution in [0.3, 0.4) is 0 Å². The number of phenols is 1. The molecule has 1 saturated heterocycles. The lowest BCUT2D eigenvalue weighted by Gasteiger charge is -2.34. The van der Waals surface area contributed by atoms with Gasteiger partial charge in [-0.2, -0.15) is 0 Å². The molecule has 3 aromatic carbocycles. The number of piperidine rings is 1. The van der Waals surface area contributed by atoms with Gasteiger partial charge in [0.1, 0.15) is 17.8 Å². The number of aromatic hydroxyl groups is 1. The Bertz CT molecular complexity index is 1620. The number of nitrogens with one attached hydrogen (secondary N) is 2. The molecular weight excluding hydrogens is 548 g/mol. The van der Waals surface area contributed by atoms with Gasteiger partial charge in [-0.05, 0) is 79.7 Å². The number of para-hydroxylation sites is 1. The molecule has 3 N–H and O–H groups in total. The van der Waals surface area contributed by atoms with Gasteiger partial charge in [-0.15, -0.1) is 0 Å². The molecule has 0 spiro atoms. The number of carbonyl (C=O) groups excluding carboxylic acids is 1. The zero-order valence-electron chi connectivity index (χ0n) is 23.4. The minimum atomic E-state index is -0.0665. The molecule has 8 heteroatoms. The number of phenolic OH excluding ortho intramolecular Hbond substituents is 1. The van der Waals surface area contributed by atoms with E-state index in [4.69, 9.17) is 16.3 Å². The molecule has 3 heterocycles. The van der Waals surface area contributed by atoms with E-state index >= 15 is 0 Å². The third kappa shape index (κ3) is 6.48. The number of hydrogen-bond acceptors (Lipinski definition) is 5. The SMILES string of the molecule is O=C(NCCc1c[nH]c2ccccc12)c1cc(Cl)ccc1C1CCN(CCN2C=COC(c3cccc(O)c3)=C2)CC1. The van der Waals surface area contributed by atoms with Crippen LogP contribution in [0.15, 0.2) is 91.6 Å². The highest BCUT2D eigenvalue weighted by Crippen LogP contribution is 2.32. The van der Waals surface area contributed by atoms with Crippen molar-refractivity contribution in [3.8, 4) is 5.75 Å². The van der Waals surface area contributed by atoms with Crippen LogP contribution in [0, 0.1) is 0 Å². The molecule has 42 heavy (non-hydrogen) atoms. The fourth-order valence-corrected chi connectivity index (χ4v) is 6.07. The number of fused-ring (bicyclic) bond motifs is 1. The first kappa shape index (κ1) is 27.9. The number of ether oxygens (including phenoxy) is 1. The first-order valence-corrected chi connectivity index (χ1v) is 14.9. The van der Waals surface area contributed by atoms with E-state index in [0.717, 1.165) is 62.1 Å². The van der Waals surface area contributed by atoms with E-state index in [-0.39, 0.29) is 11.7 Å². The lowest BCUT2D eigenvalue weighted by molar-refractivity contribution is 0.0951. The first-order chi connectivity index (χ1) is 20.5. The van der Waals surface area contributed by atoms with Crippen molar-refractivity contribution in [2.75, 3.05) is 32.7 Å². The third-order valence-corrected chi connectivity index (χ3v) is 8.41. The summed E-state index contributed by atoms with van der Waals surface area (Å²) < 4.78 is 5.67. The predicted molar refractivity (Wildman–Crippen MR) is 167 cm³/mol. The molecule has 0 radical (unpaired) electrons. The smallest absolute Gasteiger partial charge is 0.251 e. The molecule has 7 nitrogen and oxygen atoms in total. The maximum atomic E-state index is 13.3. The van der Waals surface area contributed by atoms with Gasteiger partial charge in [0, 0.05) is 65.3 Å². The molecule has 1 fully saturated rings. The number of aromatic amines is 1. The average Bonchev–Trinajstić information content (AvgIpc) is 3.43. The summed E-state index contributed by atoms with van der Waals surface area (Å²) in [6, 6.07) is 21.0. The number of amides is 1. The van der Waals surface area contributed by atoms with Gasteiger partial charge in [0.2, 0.25) is 0 Å². The Morgan fingerprint density at radius 2 is 1.90 bits per heavy atom. The zero-order valence-corrected chi connectivity index (χ0v) is 24.2. The normalized spacial score (nSPS) is 15.9. The summed E-state index contributed by atoms with van der Waals surface area (Å²) in [6.07, 6.45) is 10.3. The predicted octanol–water partition coefficient (Wildman–Crippen LogP) is 6.48. The number of carbonyl (C=O) groups is 1. The van der Waals surface area contributed by atoms with E-state index in [1.807, 2.05) is 61.1 Å². The second kappa shape index (κ2) is 12.8. The number of likely N-dealkylation sites (tertiary alicyclic amines) is 1. The quantitative estimate of drug-likeness (QED) is 0.210. The van der Waals surface area contributed by atoms with Gasteiger partial charge in [-0.25, -0.2) is 0 Å². The number of hydrogen-bond donors (Lipinski definition) is 3. The maximum absolute atomic E-state index is 13.3. The number of rotatable bonds is 9. The van der Waals surface area contributed by atoms with Crippen LogP contribution < -0.4 is 5.32 Å². The Balaban J connectivity index is 1.02. The van der Waals surface area contributed by atoms with Gasteiger partial charge >= 0.3 is 0 Å². The van der Waals surface area contributed by atoms with Crippen molar-refractivity contribution in [1.29, 1.82) is 0 Å². The molecule has 2 aliphatic rings. The highest BCUT2D eigenvalue weighted by molar-refractivity contribution is 6.31. The second-order valence-corrected chi connectivity index (χ2v) is 11.3. The summed E-state index contributed by atoms with van der Waals surface area (Å²) >= 11 is 6.35. The summed E-state index contributed by atoms with van der Waals surface area (Å²) in [6.45, 7) is 4.24.